The number of anilines is 1. The first-order chi connectivity index (χ1) is 9.57. The summed E-state index contributed by atoms with van der Waals surface area (Å²) in [7, 11) is 1.92. The predicted octanol–water partition coefficient (Wildman–Crippen LogP) is 2.33. The van der Waals surface area contributed by atoms with Gasteiger partial charge in [-0.05, 0) is 28.9 Å². The van der Waals surface area contributed by atoms with Crippen molar-refractivity contribution in [3.8, 4) is 0 Å². The number of pyridine rings is 1. The fourth-order valence-corrected chi connectivity index (χ4v) is 2.89. The van der Waals surface area contributed by atoms with Crippen molar-refractivity contribution >= 4 is 21.6 Å². The molecule has 0 saturated carbocycles. The van der Waals surface area contributed by atoms with E-state index in [1.54, 1.807) is 6.20 Å². The van der Waals surface area contributed by atoms with Gasteiger partial charge in [-0.3, -0.25) is 9.67 Å². The second-order valence-electron chi connectivity index (χ2n) is 5.26. The Morgan fingerprint density at radius 1 is 1.35 bits per heavy atom. The summed E-state index contributed by atoms with van der Waals surface area (Å²) in [6, 6.07) is 2.09. The van der Waals surface area contributed by atoms with Crippen LogP contribution >= 0.6 is 15.9 Å². The van der Waals surface area contributed by atoms with Crippen molar-refractivity contribution in [3.05, 3.63) is 40.9 Å². The van der Waals surface area contributed by atoms with E-state index in [0.29, 0.717) is 6.61 Å². The van der Waals surface area contributed by atoms with Gasteiger partial charge in [0.25, 0.3) is 0 Å². The number of hydrogen-bond acceptors (Lipinski definition) is 4. The molecule has 3 rings (SSSR count). The molecule has 6 heteroatoms. The molecule has 0 amide bonds. The number of rotatable bonds is 2. The highest BCUT2D eigenvalue weighted by atomic mass is 79.9. The molecule has 2 aromatic rings. The van der Waals surface area contributed by atoms with Crippen LogP contribution in [-0.4, -0.2) is 34.5 Å². The fraction of sp³-hybridized carbons (Fsp3) is 0.429. The molecule has 1 unspecified atom stereocenters. The smallest absolute Gasteiger partial charge is 0.111 e. The molecule has 1 atom stereocenters. The van der Waals surface area contributed by atoms with E-state index in [4.69, 9.17) is 4.74 Å². The van der Waals surface area contributed by atoms with Crippen molar-refractivity contribution in [1.82, 2.24) is 14.8 Å². The van der Waals surface area contributed by atoms with Crippen LogP contribution in [-0.2, 0) is 17.4 Å². The number of ether oxygens (including phenoxy) is 1. The maximum Gasteiger partial charge on any atom is 0.111 e. The van der Waals surface area contributed by atoms with Crippen molar-refractivity contribution in [3.63, 3.8) is 0 Å². The Morgan fingerprint density at radius 2 is 2.20 bits per heavy atom. The van der Waals surface area contributed by atoms with Crippen LogP contribution in [0.5, 0.6) is 0 Å². The van der Waals surface area contributed by atoms with Gasteiger partial charge in [-0.2, -0.15) is 5.10 Å². The van der Waals surface area contributed by atoms with Crippen LogP contribution in [0.15, 0.2) is 35.3 Å². The minimum Gasteiger partial charge on any atom is -0.367 e. The molecule has 1 fully saturated rings. The van der Waals surface area contributed by atoms with Gasteiger partial charge in [0, 0.05) is 36.0 Å². The molecule has 106 valence electrons. The lowest BCUT2D eigenvalue weighted by Crippen LogP contribution is -2.48. The van der Waals surface area contributed by atoms with Crippen LogP contribution in [0.3, 0.4) is 0 Å². The molecule has 3 heterocycles. The van der Waals surface area contributed by atoms with Crippen LogP contribution in [0.25, 0.3) is 0 Å². The molecule has 2 aromatic heterocycles. The summed E-state index contributed by atoms with van der Waals surface area (Å²) < 4.78 is 8.82. The third-order valence-corrected chi connectivity index (χ3v) is 4.08. The Balaban J connectivity index is 1.86. The zero-order valence-electron chi connectivity index (χ0n) is 11.6. The number of hydrogen-bond donors (Lipinski definition) is 0. The quantitative estimate of drug-likeness (QED) is 0.844. The van der Waals surface area contributed by atoms with Gasteiger partial charge in [-0.25, -0.2) is 0 Å². The molecule has 0 N–H and O–H groups in total. The summed E-state index contributed by atoms with van der Waals surface area (Å²) in [5, 5.41) is 4.25. The monoisotopic (exact) mass is 336 g/mol. The molecule has 1 aliphatic rings. The summed E-state index contributed by atoms with van der Waals surface area (Å²) in [6.45, 7) is 4.46. The highest BCUT2D eigenvalue weighted by Gasteiger charge is 2.35. The summed E-state index contributed by atoms with van der Waals surface area (Å²) >= 11 is 3.47. The van der Waals surface area contributed by atoms with Gasteiger partial charge in [0.2, 0.25) is 0 Å². The van der Waals surface area contributed by atoms with E-state index in [9.17, 15) is 0 Å². The molecule has 0 radical (unpaired) electrons. The zero-order valence-corrected chi connectivity index (χ0v) is 13.2. The molecule has 1 aliphatic heterocycles. The van der Waals surface area contributed by atoms with Crippen molar-refractivity contribution in [2.24, 2.45) is 7.05 Å². The van der Waals surface area contributed by atoms with Gasteiger partial charge in [0.15, 0.2) is 0 Å². The normalized spacial score (nSPS) is 23.1. The molecule has 0 aromatic carbocycles. The van der Waals surface area contributed by atoms with Gasteiger partial charge in [0.05, 0.1) is 31.2 Å². The highest BCUT2D eigenvalue weighted by molar-refractivity contribution is 9.10. The zero-order chi connectivity index (χ0) is 14.2. The molecule has 1 saturated heterocycles. The summed E-state index contributed by atoms with van der Waals surface area (Å²) in [4.78, 5) is 6.54. The molecule has 20 heavy (non-hydrogen) atoms. The fourth-order valence-electron chi connectivity index (χ4n) is 2.53. The lowest BCUT2D eigenvalue weighted by Gasteiger charge is -2.41. The second kappa shape index (κ2) is 5.18. The predicted molar refractivity (Wildman–Crippen MR) is 80.7 cm³/mol. The third kappa shape index (κ3) is 2.58. The topological polar surface area (TPSA) is 43.2 Å². The van der Waals surface area contributed by atoms with Gasteiger partial charge >= 0.3 is 0 Å². The number of aromatic nitrogens is 3. The van der Waals surface area contributed by atoms with Crippen LogP contribution in [0, 0.1) is 0 Å². The summed E-state index contributed by atoms with van der Waals surface area (Å²) in [6.07, 6.45) is 7.58. The highest BCUT2D eigenvalue weighted by Crippen LogP contribution is 2.31. The third-order valence-electron chi connectivity index (χ3n) is 3.65. The largest absolute Gasteiger partial charge is 0.367 e. The number of morpholine rings is 1. The lowest BCUT2D eigenvalue weighted by molar-refractivity contribution is -0.0466. The lowest BCUT2D eigenvalue weighted by atomic mass is 9.97. The average molecular weight is 337 g/mol. The van der Waals surface area contributed by atoms with Gasteiger partial charge in [0.1, 0.15) is 5.60 Å². The first kappa shape index (κ1) is 13.6. The number of nitrogens with zero attached hydrogens (tertiary/aromatic N) is 4. The Bertz CT molecular complexity index is 615. The molecule has 5 nitrogen and oxygen atoms in total. The van der Waals surface area contributed by atoms with Gasteiger partial charge in [-0.15, -0.1) is 0 Å². The number of aryl methyl sites for hydroxylation is 1. The molecule has 0 aliphatic carbocycles. The maximum absolute atomic E-state index is 6.02. The molecule has 0 spiro atoms. The van der Waals surface area contributed by atoms with E-state index in [1.165, 1.54) is 0 Å². The van der Waals surface area contributed by atoms with Crippen LogP contribution in [0.1, 0.15) is 12.5 Å². The van der Waals surface area contributed by atoms with Crippen molar-refractivity contribution in [1.29, 1.82) is 0 Å². The number of halogens is 1. The molecular weight excluding hydrogens is 320 g/mol. The second-order valence-corrected chi connectivity index (χ2v) is 6.18. The van der Waals surface area contributed by atoms with Crippen molar-refractivity contribution in [2.45, 2.75) is 12.5 Å². The van der Waals surface area contributed by atoms with E-state index in [1.807, 2.05) is 30.3 Å². The van der Waals surface area contributed by atoms with Crippen molar-refractivity contribution < 1.29 is 4.74 Å². The van der Waals surface area contributed by atoms with Crippen molar-refractivity contribution in [2.75, 3.05) is 24.6 Å². The Morgan fingerprint density at radius 3 is 2.90 bits per heavy atom. The maximum atomic E-state index is 6.02. The summed E-state index contributed by atoms with van der Waals surface area (Å²) in [5.41, 5.74) is 1.87. The van der Waals surface area contributed by atoms with E-state index in [2.05, 4.69) is 43.9 Å². The molecule has 0 bridgehead atoms. The van der Waals surface area contributed by atoms with Gasteiger partial charge in [-0.1, -0.05) is 0 Å². The van der Waals surface area contributed by atoms with Crippen LogP contribution < -0.4 is 4.90 Å². The van der Waals surface area contributed by atoms with Crippen LogP contribution in [0.2, 0.25) is 0 Å². The van der Waals surface area contributed by atoms with E-state index < -0.39 is 0 Å². The Hall–Kier alpha value is -1.40. The van der Waals surface area contributed by atoms with E-state index in [-0.39, 0.29) is 5.60 Å². The molecular formula is C14H17BrN4O. The summed E-state index contributed by atoms with van der Waals surface area (Å²) in [5.74, 6) is 0. The van der Waals surface area contributed by atoms with E-state index >= 15 is 0 Å². The SMILES string of the molecule is Cn1cc(C2(C)CN(c3cncc(Br)c3)CCO2)cn1. The van der Waals surface area contributed by atoms with Crippen LogP contribution in [0.4, 0.5) is 5.69 Å². The first-order valence-electron chi connectivity index (χ1n) is 6.55. The standard InChI is InChI=1S/C14H17BrN4O/c1-14(11-6-17-18(2)9-11)10-19(3-4-20-14)13-5-12(15)7-16-8-13/h5-9H,3-4,10H2,1-2H3. The minimum atomic E-state index is -0.338. The Labute approximate surface area is 126 Å². The minimum absolute atomic E-state index is 0.338. The van der Waals surface area contributed by atoms with Gasteiger partial charge < -0.3 is 9.64 Å². The first-order valence-corrected chi connectivity index (χ1v) is 7.35. The Kier molecular flexibility index (Phi) is 3.52. The van der Waals surface area contributed by atoms with E-state index in [0.717, 1.165) is 28.8 Å². The average Bonchev–Trinajstić information content (AvgIpc) is 2.86.